The van der Waals surface area contributed by atoms with Crippen LogP contribution < -0.4 is 0 Å². The minimum absolute atomic E-state index is 0.685. The van der Waals surface area contributed by atoms with Crippen molar-refractivity contribution in [2.75, 3.05) is 0 Å². The Morgan fingerprint density at radius 3 is 2.75 bits per heavy atom. The molecule has 0 aliphatic rings. The zero-order valence-corrected chi connectivity index (χ0v) is 5.37. The maximum atomic E-state index is 5.59. The maximum Gasteiger partial charge on any atom is 0.0487 e. The topological polar surface area (TPSA) is 0 Å². The third kappa shape index (κ3) is 1.24. The molecule has 0 aliphatic heterocycles. The highest BCUT2D eigenvalue weighted by molar-refractivity contribution is 6.30. The average Bonchev–Trinajstić information content (AvgIpc) is 1.64. The van der Waals surface area contributed by atoms with E-state index in [9.17, 15) is 0 Å². The Balaban J connectivity index is 3.08. The van der Waals surface area contributed by atoms with Gasteiger partial charge in [0.25, 0.3) is 0 Å². The Kier molecular flexibility index (Phi) is 1.54. The number of rotatable bonds is 0. The molecule has 0 N–H and O–H groups in total. The predicted octanol–water partition coefficient (Wildman–Crippen LogP) is 2.45. The van der Waals surface area contributed by atoms with Crippen molar-refractivity contribution in [2.24, 2.45) is 0 Å². The van der Waals surface area contributed by atoms with E-state index in [4.69, 9.17) is 11.6 Å². The largest absolute Gasteiger partial charge is 0.0837 e. The number of halogens is 1. The van der Waals surface area contributed by atoms with Crippen LogP contribution in [0.2, 0.25) is 5.02 Å². The fourth-order valence-corrected chi connectivity index (χ4v) is 0.777. The molecule has 0 unspecified atom stereocenters. The zero-order chi connectivity index (χ0) is 5.98. The summed E-state index contributed by atoms with van der Waals surface area (Å²) in [6, 6.07) is 8.50. The van der Waals surface area contributed by atoms with Crippen molar-refractivity contribution in [3.05, 3.63) is 34.9 Å². The highest BCUT2D eigenvalue weighted by atomic mass is 35.5. The predicted molar refractivity (Wildman–Crippen MR) is 35.0 cm³/mol. The minimum atomic E-state index is 0.685. The van der Waals surface area contributed by atoms with Gasteiger partial charge >= 0.3 is 0 Å². The fraction of sp³-hybridized carbons (Fsp3) is 0.143. The van der Waals surface area contributed by atoms with E-state index in [1.807, 2.05) is 25.1 Å². The summed E-state index contributed by atoms with van der Waals surface area (Å²) in [4.78, 5) is 0. The minimum Gasteiger partial charge on any atom is -0.0837 e. The fourth-order valence-electron chi connectivity index (χ4n) is 0.542. The lowest BCUT2D eigenvalue weighted by Gasteiger charge is -1.88. The van der Waals surface area contributed by atoms with Crippen LogP contribution in [0.15, 0.2) is 18.2 Å². The molecule has 0 nitrogen and oxygen atoms in total. The van der Waals surface area contributed by atoms with Crippen LogP contribution in [-0.2, 0) is 0 Å². The smallest absolute Gasteiger partial charge is 0.0487 e. The van der Waals surface area contributed by atoms with Crippen LogP contribution in [0, 0.1) is 13.0 Å². The van der Waals surface area contributed by atoms with Gasteiger partial charge in [-0.1, -0.05) is 23.7 Å². The van der Waals surface area contributed by atoms with Gasteiger partial charge in [-0.25, -0.2) is 0 Å². The Morgan fingerprint density at radius 2 is 2.38 bits per heavy atom. The number of hydrogen-bond donors (Lipinski definition) is 0. The van der Waals surface area contributed by atoms with Gasteiger partial charge in [0.15, 0.2) is 0 Å². The molecule has 1 radical (unpaired) electrons. The molecule has 0 aliphatic carbocycles. The molecule has 0 spiro atoms. The molecule has 41 valence electrons. The van der Waals surface area contributed by atoms with Crippen LogP contribution in [0.25, 0.3) is 0 Å². The van der Waals surface area contributed by atoms with E-state index in [0.29, 0.717) is 5.02 Å². The summed E-state index contributed by atoms with van der Waals surface area (Å²) >= 11 is 5.59. The van der Waals surface area contributed by atoms with Gasteiger partial charge in [-0.05, 0) is 18.6 Å². The number of benzene rings is 1. The average molecular weight is 126 g/mol. The molecule has 0 fully saturated rings. The summed E-state index contributed by atoms with van der Waals surface area (Å²) in [6.07, 6.45) is 0. The highest BCUT2D eigenvalue weighted by Crippen LogP contribution is 2.07. The van der Waals surface area contributed by atoms with Crippen molar-refractivity contribution in [3.8, 4) is 0 Å². The standard InChI is InChI=1S/C7H6Cl/c1-6-3-2-4-7(8)5-6/h2-3,5H,1H3. The van der Waals surface area contributed by atoms with E-state index in [0.717, 1.165) is 0 Å². The normalized spacial score (nSPS) is 9.25. The molecule has 0 atom stereocenters. The maximum absolute atomic E-state index is 5.59. The van der Waals surface area contributed by atoms with Gasteiger partial charge < -0.3 is 0 Å². The molecule has 0 aromatic heterocycles. The highest BCUT2D eigenvalue weighted by Gasteiger charge is 1.83. The van der Waals surface area contributed by atoms with Gasteiger partial charge in [0, 0.05) is 11.1 Å². The van der Waals surface area contributed by atoms with Crippen molar-refractivity contribution in [3.63, 3.8) is 0 Å². The van der Waals surface area contributed by atoms with Crippen LogP contribution in [-0.4, -0.2) is 0 Å². The summed E-state index contributed by atoms with van der Waals surface area (Å²) in [5.41, 5.74) is 1.17. The second kappa shape index (κ2) is 2.19. The monoisotopic (exact) mass is 125 g/mol. The van der Waals surface area contributed by atoms with E-state index < -0.39 is 0 Å². The Hall–Kier alpha value is -0.490. The van der Waals surface area contributed by atoms with Gasteiger partial charge in [0.1, 0.15) is 0 Å². The van der Waals surface area contributed by atoms with Crippen LogP contribution in [0.5, 0.6) is 0 Å². The molecule has 0 saturated heterocycles. The van der Waals surface area contributed by atoms with Crippen LogP contribution in [0.3, 0.4) is 0 Å². The summed E-state index contributed by atoms with van der Waals surface area (Å²) in [5.74, 6) is 0. The molecule has 0 bridgehead atoms. The van der Waals surface area contributed by atoms with Gasteiger partial charge in [-0.15, -0.1) is 0 Å². The van der Waals surface area contributed by atoms with E-state index in [1.165, 1.54) is 5.56 Å². The molecule has 1 aromatic rings. The number of hydrogen-bond acceptors (Lipinski definition) is 0. The second-order valence-corrected chi connectivity index (χ2v) is 2.12. The third-order valence-electron chi connectivity index (χ3n) is 0.922. The molecule has 1 aromatic carbocycles. The summed E-state index contributed by atoms with van der Waals surface area (Å²) < 4.78 is 0. The number of aryl methyl sites for hydroxylation is 1. The van der Waals surface area contributed by atoms with E-state index in [-0.39, 0.29) is 0 Å². The van der Waals surface area contributed by atoms with E-state index in [2.05, 4.69) is 6.07 Å². The van der Waals surface area contributed by atoms with Crippen LogP contribution in [0.1, 0.15) is 5.56 Å². The Labute approximate surface area is 54.1 Å². The molecular formula is C7H6Cl. The van der Waals surface area contributed by atoms with Crippen LogP contribution >= 0.6 is 11.6 Å². The van der Waals surface area contributed by atoms with E-state index in [1.54, 1.807) is 0 Å². The van der Waals surface area contributed by atoms with Gasteiger partial charge in [0.2, 0.25) is 0 Å². The molecule has 1 heteroatoms. The summed E-state index contributed by atoms with van der Waals surface area (Å²) in [5, 5.41) is 0.685. The van der Waals surface area contributed by atoms with Gasteiger partial charge in [-0.3, -0.25) is 0 Å². The molecule has 8 heavy (non-hydrogen) atoms. The quantitative estimate of drug-likeness (QED) is 0.500. The molecule has 0 saturated carbocycles. The first kappa shape index (κ1) is 5.64. The van der Waals surface area contributed by atoms with Crippen molar-refractivity contribution in [1.29, 1.82) is 0 Å². The van der Waals surface area contributed by atoms with E-state index >= 15 is 0 Å². The van der Waals surface area contributed by atoms with Gasteiger partial charge in [-0.2, -0.15) is 0 Å². The molecule has 1 rings (SSSR count). The first-order valence-corrected chi connectivity index (χ1v) is 2.80. The van der Waals surface area contributed by atoms with Crippen LogP contribution in [0.4, 0.5) is 0 Å². The molecule has 0 amide bonds. The van der Waals surface area contributed by atoms with Crippen molar-refractivity contribution < 1.29 is 0 Å². The zero-order valence-electron chi connectivity index (χ0n) is 4.61. The third-order valence-corrected chi connectivity index (χ3v) is 1.14. The Morgan fingerprint density at radius 1 is 1.62 bits per heavy atom. The first-order valence-electron chi connectivity index (χ1n) is 2.43. The van der Waals surface area contributed by atoms with Gasteiger partial charge in [0.05, 0.1) is 0 Å². The SMILES string of the molecule is Cc1cc[c]c(Cl)c1. The van der Waals surface area contributed by atoms with Crippen molar-refractivity contribution >= 4 is 11.6 Å². The van der Waals surface area contributed by atoms with Crippen molar-refractivity contribution in [1.82, 2.24) is 0 Å². The molecular weight excluding hydrogens is 120 g/mol. The van der Waals surface area contributed by atoms with Crippen molar-refractivity contribution in [2.45, 2.75) is 6.92 Å². The lowest BCUT2D eigenvalue weighted by atomic mass is 10.2. The Bertz CT molecular complexity index is 164. The summed E-state index contributed by atoms with van der Waals surface area (Å²) in [6.45, 7) is 2.00. The lowest BCUT2D eigenvalue weighted by molar-refractivity contribution is 1.47. The molecule has 0 heterocycles. The first-order chi connectivity index (χ1) is 3.79. The second-order valence-electron chi connectivity index (χ2n) is 1.71. The summed E-state index contributed by atoms with van der Waals surface area (Å²) in [7, 11) is 0. The lowest BCUT2D eigenvalue weighted by Crippen LogP contribution is -1.67.